The van der Waals surface area contributed by atoms with Gasteiger partial charge in [0.1, 0.15) is 6.10 Å². The summed E-state index contributed by atoms with van der Waals surface area (Å²) in [5.74, 6) is 0.456. The number of rotatable bonds is 3. The molecule has 1 aromatic heterocycles. The van der Waals surface area contributed by atoms with E-state index >= 15 is 0 Å². The zero-order valence-corrected chi connectivity index (χ0v) is 8.51. The summed E-state index contributed by atoms with van der Waals surface area (Å²) in [6.45, 7) is 1.76. The summed E-state index contributed by atoms with van der Waals surface area (Å²) in [4.78, 5) is 3.93. The van der Waals surface area contributed by atoms with Gasteiger partial charge in [0.2, 0.25) is 5.88 Å². The molecule has 2 N–H and O–H groups in total. The maximum absolute atomic E-state index is 9.52. The monoisotopic (exact) mass is 208 g/mol. The number of methoxy groups -OCH3 is 1. The van der Waals surface area contributed by atoms with Crippen molar-refractivity contribution in [2.45, 2.75) is 19.1 Å². The van der Waals surface area contributed by atoms with E-state index in [1.54, 1.807) is 19.1 Å². The van der Waals surface area contributed by atoms with Crippen LogP contribution >= 0.6 is 0 Å². The van der Waals surface area contributed by atoms with Gasteiger partial charge in [-0.25, -0.2) is 4.98 Å². The maximum atomic E-state index is 9.52. The van der Waals surface area contributed by atoms with Crippen LogP contribution in [0.5, 0.6) is 5.88 Å². The number of ether oxygens (including phenoxy) is 1. The minimum atomic E-state index is -1.44. The summed E-state index contributed by atoms with van der Waals surface area (Å²) in [6, 6.07) is 3.18. The second-order valence-electron chi connectivity index (χ2n) is 3.11. The molecular formula is C10H12N2O3. The standard InChI is InChI=1S/C10H12N2O3/c1-6-3-7(5-12-10(6)15-2)9(14)8(13)4-11/h3,5,8-9,13-14H,1-2H3. The van der Waals surface area contributed by atoms with Crippen molar-refractivity contribution in [2.24, 2.45) is 0 Å². The van der Waals surface area contributed by atoms with Crippen LogP contribution in [0.15, 0.2) is 12.3 Å². The van der Waals surface area contributed by atoms with Crippen molar-refractivity contribution >= 4 is 0 Å². The molecule has 15 heavy (non-hydrogen) atoms. The van der Waals surface area contributed by atoms with Crippen molar-refractivity contribution in [3.63, 3.8) is 0 Å². The van der Waals surface area contributed by atoms with Gasteiger partial charge in [0.15, 0.2) is 6.10 Å². The van der Waals surface area contributed by atoms with E-state index < -0.39 is 12.2 Å². The van der Waals surface area contributed by atoms with E-state index in [1.165, 1.54) is 13.3 Å². The minimum Gasteiger partial charge on any atom is -0.481 e. The molecule has 0 aromatic carbocycles. The van der Waals surface area contributed by atoms with Crippen LogP contribution in [0.25, 0.3) is 0 Å². The molecule has 0 aliphatic rings. The van der Waals surface area contributed by atoms with Crippen LogP contribution in [0.3, 0.4) is 0 Å². The highest BCUT2D eigenvalue weighted by molar-refractivity contribution is 5.30. The summed E-state index contributed by atoms with van der Waals surface area (Å²) in [7, 11) is 1.50. The number of nitriles is 1. The Morgan fingerprint density at radius 3 is 2.67 bits per heavy atom. The number of hydrogen-bond donors (Lipinski definition) is 2. The van der Waals surface area contributed by atoms with Crippen molar-refractivity contribution < 1.29 is 14.9 Å². The van der Waals surface area contributed by atoms with Gasteiger partial charge in [0.25, 0.3) is 0 Å². The Morgan fingerprint density at radius 1 is 1.53 bits per heavy atom. The molecule has 0 saturated carbocycles. The van der Waals surface area contributed by atoms with E-state index in [2.05, 4.69) is 4.98 Å². The molecule has 0 aliphatic carbocycles. The average molecular weight is 208 g/mol. The van der Waals surface area contributed by atoms with Gasteiger partial charge in [-0.2, -0.15) is 5.26 Å². The fraction of sp³-hybridized carbons (Fsp3) is 0.400. The van der Waals surface area contributed by atoms with E-state index in [9.17, 15) is 5.11 Å². The molecule has 1 aromatic rings. The molecule has 0 aliphatic heterocycles. The summed E-state index contributed by atoms with van der Waals surface area (Å²) in [6.07, 6.45) is -1.32. The molecule has 0 radical (unpaired) electrons. The van der Waals surface area contributed by atoms with Crippen molar-refractivity contribution in [3.05, 3.63) is 23.4 Å². The summed E-state index contributed by atoms with van der Waals surface area (Å²) < 4.78 is 4.95. The largest absolute Gasteiger partial charge is 0.481 e. The normalized spacial score (nSPS) is 14.1. The highest BCUT2D eigenvalue weighted by Crippen LogP contribution is 2.21. The lowest BCUT2D eigenvalue weighted by atomic mass is 10.1. The van der Waals surface area contributed by atoms with Gasteiger partial charge in [-0.05, 0) is 13.0 Å². The number of nitrogens with zero attached hydrogens (tertiary/aromatic N) is 2. The van der Waals surface area contributed by atoms with Crippen molar-refractivity contribution in [1.29, 1.82) is 5.26 Å². The van der Waals surface area contributed by atoms with Gasteiger partial charge >= 0.3 is 0 Å². The molecule has 0 spiro atoms. The zero-order chi connectivity index (χ0) is 11.4. The Morgan fingerprint density at radius 2 is 2.20 bits per heavy atom. The Labute approximate surface area is 87.6 Å². The summed E-state index contributed by atoms with van der Waals surface area (Å²) in [5.41, 5.74) is 1.13. The van der Waals surface area contributed by atoms with Gasteiger partial charge in [0.05, 0.1) is 13.2 Å². The van der Waals surface area contributed by atoms with E-state index in [0.29, 0.717) is 11.4 Å². The molecule has 5 nitrogen and oxygen atoms in total. The summed E-state index contributed by atoms with van der Waals surface area (Å²) >= 11 is 0. The molecule has 1 heterocycles. The molecule has 80 valence electrons. The zero-order valence-electron chi connectivity index (χ0n) is 8.51. The van der Waals surface area contributed by atoms with Crippen LogP contribution < -0.4 is 4.74 Å². The predicted molar refractivity (Wildman–Crippen MR) is 52.1 cm³/mol. The molecule has 0 fully saturated rings. The lowest BCUT2D eigenvalue weighted by Gasteiger charge is -2.13. The predicted octanol–water partition coefficient (Wildman–Crippen LogP) is 0.316. The topological polar surface area (TPSA) is 86.4 Å². The van der Waals surface area contributed by atoms with Gasteiger partial charge in [-0.1, -0.05) is 0 Å². The first-order valence-electron chi connectivity index (χ1n) is 4.36. The van der Waals surface area contributed by atoms with Crippen LogP contribution in [0.1, 0.15) is 17.2 Å². The van der Waals surface area contributed by atoms with Crippen LogP contribution in [0.2, 0.25) is 0 Å². The van der Waals surface area contributed by atoms with E-state index in [0.717, 1.165) is 5.56 Å². The van der Waals surface area contributed by atoms with Gasteiger partial charge < -0.3 is 14.9 Å². The third kappa shape index (κ3) is 2.43. The van der Waals surface area contributed by atoms with E-state index in [4.69, 9.17) is 15.1 Å². The lowest BCUT2D eigenvalue weighted by molar-refractivity contribution is 0.0524. The summed E-state index contributed by atoms with van der Waals surface area (Å²) in [5, 5.41) is 27.1. The molecular weight excluding hydrogens is 196 g/mol. The van der Waals surface area contributed by atoms with Gasteiger partial charge in [-0.15, -0.1) is 0 Å². The minimum absolute atomic E-state index is 0.391. The number of aliphatic hydroxyl groups is 2. The van der Waals surface area contributed by atoms with Crippen LogP contribution in [-0.4, -0.2) is 28.4 Å². The highest BCUT2D eigenvalue weighted by Gasteiger charge is 2.18. The quantitative estimate of drug-likeness (QED) is 0.698. The average Bonchev–Trinajstić information content (AvgIpc) is 2.26. The molecule has 0 bridgehead atoms. The smallest absolute Gasteiger partial charge is 0.215 e. The number of aromatic nitrogens is 1. The fourth-order valence-electron chi connectivity index (χ4n) is 1.21. The second kappa shape index (κ2) is 4.73. The molecule has 0 amide bonds. The molecule has 2 unspecified atom stereocenters. The van der Waals surface area contributed by atoms with Crippen LogP contribution in [-0.2, 0) is 0 Å². The number of aryl methyl sites for hydroxylation is 1. The van der Waals surface area contributed by atoms with Gasteiger partial charge in [0, 0.05) is 17.3 Å². The third-order valence-corrected chi connectivity index (χ3v) is 2.02. The molecule has 5 heteroatoms. The molecule has 1 rings (SSSR count). The highest BCUT2D eigenvalue weighted by atomic mass is 16.5. The maximum Gasteiger partial charge on any atom is 0.215 e. The van der Waals surface area contributed by atoms with Crippen molar-refractivity contribution in [2.75, 3.05) is 7.11 Å². The number of hydrogen-bond acceptors (Lipinski definition) is 5. The Balaban J connectivity index is 2.98. The number of pyridine rings is 1. The molecule has 0 saturated heterocycles. The van der Waals surface area contributed by atoms with Crippen LogP contribution in [0.4, 0.5) is 0 Å². The van der Waals surface area contributed by atoms with E-state index in [-0.39, 0.29) is 0 Å². The first-order valence-corrected chi connectivity index (χ1v) is 4.36. The Bertz CT molecular complexity index is 387. The number of aliphatic hydroxyl groups excluding tert-OH is 2. The second-order valence-corrected chi connectivity index (χ2v) is 3.11. The SMILES string of the molecule is COc1ncc(C(O)C(O)C#N)cc1C. The van der Waals surface area contributed by atoms with Gasteiger partial charge in [-0.3, -0.25) is 0 Å². The first kappa shape index (κ1) is 11.4. The fourth-order valence-corrected chi connectivity index (χ4v) is 1.21. The van der Waals surface area contributed by atoms with Crippen LogP contribution in [0, 0.1) is 18.3 Å². The van der Waals surface area contributed by atoms with E-state index in [1.807, 2.05) is 0 Å². The first-order chi connectivity index (χ1) is 7.10. The third-order valence-electron chi connectivity index (χ3n) is 2.02. The van der Waals surface area contributed by atoms with Crippen molar-refractivity contribution in [1.82, 2.24) is 4.98 Å². The Hall–Kier alpha value is -1.64. The molecule has 2 atom stereocenters. The Kier molecular flexibility index (Phi) is 3.61. The van der Waals surface area contributed by atoms with Crippen molar-refractivity contribution in [3.8, 4) is 11.9 Å². The lowest BCUT2D eigenvalue weighted by Crippen LogP contribution is -2.16.